The summed E-state index contributed by atoms with van der Waals surface area (Å²) in [7, 11) is 0. The minimum Gasteiger partial charge on any atom is -0.396 e. The van der Waals surface area contributed by atoms with Crippen molar-refractivity contribution in [2.24, 2.45) is 0 Å². The van der Waals surface area contributed by atoms with Crippen LogP contribution in [0.1, 0.15) is 49.1 Å². The summed E-state index contributed by atoms with van der Waals surface area (Å²) in [5, 5.41) is 9.53. The Bertz CT molecular complexity index is 356. The Labute approximate surface area is 110 Å². The van der Waals surface area contributed by atoms with Crippen LogP contribution in [-0.4, -0.2) is 24.4 Å². The maximum atomic E-state index is 9.53. The summed E-state index contributed by atoms with van der Waals surface area (Å²) < 4.78 is 5.63. The fourth-order valence-electron chi connectivity index (χ4n) is 2.75. The Balaban J connectivity index is 1.81. The van der Waals surface area contributed by atoms with E-state index in [1.54, 1.807) is 0 Å². The summed E-state index contributed by atoms with van der Waals surface area (Å²) in [5.41, 5.74) is 2.54. The third kappa shape index (κ3) is 3.82. The lowest BCUT2D eigenvalue weighted by atomic mass is 9.92. The fraction of sp³-hybridized carbons (Fsp3) is 0.625. The van der Waals surface area contributed by atoms with Crippen LogP contribution in [-0.2, 0) is 4.74 Å². The second-order valence-electron chi connectivity index (χ2n) is 5.36. The van der Waals surface area contributed by atoms with Crippen LogP contribution < -0.4 is 0 Å². The molecule has 1 aromatic rings. The van der Waals surface area contributed by atoms with Crippen LogP contribution in [0.4, 0.5) is 0 Å². The van der Waals surface area contributed by atoms with E-state index < -0.39 is 0 Å². The van der Waals surface area contributed by atoms with Crippen molar-refractivity contribution >= 4 is 0 Å². The molecule has 0 aliphatic carbocycles. The maximum absolute atomic E-state index is 9.53. The number of benzene rings is 1. The van der Waals surface area contributed by atoms with Gasteiger partial charge in [0.05, 0.1) is 6.10 Å². The van der Waals surface area contributed by atoms with E-state index in [-0.39, 0.29) is 12.5 Å². The molecular formula is C16H24O2. The summed E-state index contributed by atoms with van der Waals surface area (Å²) in [6.07, 6.45) is 6.24. The minimum absolute atomic E-state index is 0.245. The molecule has 100 valence electrons. The Morgan fingerprint density at radius 3 is 3.00 bits per heavy atom. The highest BCUT2D eigenvalue weighted by Gasteiger charge is 2.16. The molecule has 0 amide bonds. The lowest BCUT2D eigenvalue weighted by molar-refractivity contribution is 0.101. The van der Waals surface area contributed by atoms with Gasteiger partial charge in [0, 0.05) is 19.1 Å². The van der Waals surface area contributed by atoms with Gasteiger partial charge < -0.3 is 9.84 Å². The maximum Gasteiger partial charge on any atom is 0.0576 e. The van der Waals surface area contributed by atoms with Gasteiger partial charge in [-0.05, 0) is 38.2 Å². The van der Waals surface area contributed by atoms with Crippen molar-refractivity contribution in [3.63, 3.8) is 0 Å². The van der Waals surface area contributed by atoms with E-state index in [1.165, 1.54) is 24.0 Å². The number of aliphatic hydroxyl groups is 1. The Morgan fingerprint density at radius 2 is 2.33 bits per heavy atom. The van der Waals surface area contributed by atoms with Gasteiger partial charge in [-0.25, -0.2) is 0 Å². The highest BCUT2D eigenvalue weighted by Crippen LogP contribution is 2.25. The van der Waals surface area contributed by atoms with E-state index in [0.717, 1.165) is 25.9 Å². The number of aryl methyl sites for hydroxylation is 1. The SMILES string of the molecule is Cc1cccc(C(CO)CCCC2CCCO2)c1. The lowest BCUT2D eigenvalue weighted by Gasteiger charge is -2.16. The lowest BCUT2D eigenvalue weighted by Crippen LogP contribution is -2.08. The minimum atomic E-state index is 0.245. The van der Waals surface area contributed by atoms with E-state index in [2.05, 4.69) is 31.2 Å². The molecule has 2 atom stereocenters. The summed E-state index contributed by atoms with van der Waals surface area (Å²) in [4.78, 5) is 0. The van der Waals surface area contributed by atoms with E-state index in [4.69, 9.17) is 4.74 Å². The molecule has 1 aromatic carbocycles. The van der Waals surface area contributed by atoms with Crippen molar-refractivity contribution in [2.75, 3.05) is 13.2 Å². The third-order valence-corrected chi connectivity index (χ3v) is 3.84. The molecule has 0 aromatic heterocycles. The van der Waals surface area contributed by atoms with Crippen molar-refractivity contribution in [2.45, 2.75) is 51.0 Å². The predicted molar refractivity (Wildman–Crippen MR) is 73.8 cm³/mol. The molecule has 0 saturated carbocycles. The molecule has 2 heteroatoms. The quantitative estimate of drug-likeness (QED) is 0.836. The topological polar surface area (TPSA) is 29.5 Å². The second kappa shape index (κ2) is 6.91. The zero-order valence-electron chi connectivity index (χ0n) is 11.3. The highest BCUT2D eigenvalue weighted by molar-refractivity contribution is 5.25. The smallest absolute Gasteiger partial charge is 0.0576 e. The molecule has 1 N–H and O–H groups in total. The standard InChI is InChI=1S/C16H24O2/c1-13-5-2-6-14(11-13)15(12-17)7-3-8-16-9-4-10-18-16/h2,5-6,11,15-17H,3-4,7-10,12H2,1H3. The molecule has 1 fully saturated rings. The van der Waals surface area contributed by atoms with Gasteiger partial charge in [0.2, 0.25) is 0 Å². The normalized spacial score (nSPS) is 21.1. The van der Waals surface area contributed by atoms with Crippen molar-refractivity contribution in [1.29, 1.82) is 0 Å². The summed E-state index contributed by atoms with van der Waals surface area (Å²) in [6, 6.07) is 8.49. The Kier molecular flexibility index (Phi) is 5.21. The van der Waals surface area contributed by atoms with E-state index in [1.807, 2.05) is 0 Å². The molecule has 2 unspecified atom stereocenters. The van der Waals surface area contributed by atoms with Crippen LogP contribution in [0.15, 0.2) is 24.3 Å². The van der Waals surface area contributed by atoms with Crippen molar-refractivity contribution in [3.8, 4) is 0 Å². The van der Waals surface area contributed by atoms with Gasteiger partial charge in [-0.3, -0.25) is 0 Å². The third-order valence-electron chi connectivity index (χ3n) is 3.84. The van der Waals surface area contributed by atoms with Gasteiger partial charge in [-0.15, -0.1) is 0 Å². The molecule has 18 heavy (non-hydrogen) atoms. The van der Waals surface area contributed by atoms with Gasteiger partial charge in [-0.2, -0.15) is 0 Å². The van der Waals surface area contributed by atoms with Crippen LogP contribution >= 0.6 is 0 Å². The van der Waals surface area contributed by atoms with Gasteiger partial charge in [-0.1, -0.05) is 36.2 Å². The first-order chi connectivity index (χ1) is 8.79. The summed E-state index contributed by atoms with van der Waals surface area (Å²) in [6.45, 7) is 3.28. The first kappa shape index (κ1) is 13.6. The Morgan fingerprint density at radius 1 is 1.44 bits per heavy atom. The number of aliphatic hydroxyl groups excluding tert-OH is 1. The zero-order valence-corrected chi connectivity index (χ0v) is 11.3. The number of hydrogen-bond acceptors (Lipinski definition) is 2. The van der Waals surface area contributed by atoms with Crippen LogP contribution in [0.2, 0.25) is 0 Å². The summed E-state index contributed by atoms with van der Waals surface area (Å²) >= 11 is 0. The molecule has 2 nitrogen and oxygen atoms in total. The van der Waals surface area contributed by atoms with Gasteiger partial charge in [0.25, 0.3) is 0 Å². The fourth-order valence-corrected chi connectivity index (χ4v) is 2.75. The van der Waals surface area contributed by atoms with Gasteiger partial charge in [0.15, 0.2) is 0 Å². The van der Waals surface area contributed by atoms with Crippen LogP contribution in [0.3, 0.4) is 0 Å². The van der Waals surface area contributed by atoms with Crippen molar-refractivity contribution in [1.82, 2.24) is 0 Å². The van der Waals surface area contributed by atoms with Gasteiger partial charge in [0.1, 0.15) is 0 Å². The molecule has 2 rings (SSSR count). The molecule has 0 spiro atoms. The molecule has 0 bridgehead atoms. The Hall–Kier alpha value is -0.860. The molecule has 0 radical (unpaired) electrons. The van der Waals surface area contributed by atoms with Crippen LogP contribution in [0.25, 0.3) is 0 Å². The number of rotatable bonds is 6. The largest absolute Gasteiger partial charge is 0.396 e. The van der Waals surface area contributed by atoms with Crippen LogP contribution in [0, 0.1) is 6.92 Å². The molecule has 1 saturated heterocycles. The molecular weight excluding hydrogens is 224 g/mol. The number of hydrogen-bond donors (Lipinski definition) is 1. The second-order valence-corrected chi connectivity index (χ2v) is 5.36. The van der Waals surface area contributed by atoms with Crippen LogP contribution in [0.5, 0.6) is 0 Å². The average molecular weight is 248 g/mol. The van der Waals surface area contributed by atoms with E-state index in [9.17, 15) is 5.11 Å². The van der Waals surface area contributed by atoms with Gasteiger partial charge >= 0.3 is 0 Å². The first-order valence-electron chi connectivity index (χ1n) is 7.08. The van der Waals surface area contributed by atoms with Crippen molar-refractivity contribution in [3.05, 3.63) is 35.4 Å². The first-order valence-corrected chi connectivity index (χ1v) is 7.08. The predicted octanol–water partition coefficient (Wildman–Crippen LogP) is 3.42. The molecule has 1 aliphatic heterocycles. The van der Waals surface area contributed by atoms with E-state index >= 15 is 0 Å². The number of ether oxygens (including phenoxy) is 1. The van der Waals surface area contributed by atoms with E-state index in [0.29, 0.717) is 6.10 Å². The average Bonchev–Trinajstić information content (AvgIpc) is 2.88. The highest BCUT2D eigenvalue weighted by atomic mass is 16.5. The van der Waals surface area contributed by atoms with Crippen molar-refractivity contribution < 1.29 is 9.84 Å². The molecule has 1 aliphatic rings. The zero-order chi connectivity index (χ0) is 12.8. The monoisotopic (exact) mass is 248 g/mol. The molecule has 1 heterocycles. The summed E-state index contributed by atoms with van der Waals surface area (Å²) in [5.74, 6) is 0.284.